The molecule has 0 atom stereocenters. The minimum Gasteiger partial charge on any atom is -0.380 e. The smallest absolute Gasteiger partial charge is 0.0423 e. The molecule has 0 saturated heterocycles. The number of nitrogens with one attached hydrogen (secondary N) is 1. The summed E-state index contributed by atoms with van der Waals surface area (Å²) in [7, 11) is 0. The number of pyridine rings is 1. The highest BCUT2D eigenvalue weighted by molar-refractivity contribution is 5.93. The fourth-order valence-electron chi connectivity index (χ4n) is 2.51. The molecule has 0 fully saturated rings. The van der Waals surface area contributed by atoms with Gasteiger partial charge in [0, 0.05) is 35.4 Å². The standard InChI is InChI=1S/C18H18N2/c1-13-6-7-15(14(2)10-13)12-20-18-5-3-4-16-11-19-9-8-17(16)18/h3-11,20H,12H2,1-2H3. The molecule has 0 aliphatic carbocycles. The number of aromatic nitrogens is 1. The molecule has 3 rings (SSSR count). The first-order valence-electron chi connectivity index (χ1n) is 6.87. The number of hydrogen-bond donors (Lipinski definition) is 1. The van der Waals surface area contributed by atoms with Gasteiger partial charge in [-0.05, 0) is 37.1 Å². The highest BCUT2D eigenvalue weighted by atomic mass is 14.9. The maximum absolute atomic E-state index is 4.17. The summed E-state index contributed by atoms with van der Waals surface area (Å²) in [5, 5.41) is 5.92. The number of fused-ring (bicyclic) bond motifs is 1. The van der Waals surface area contributed by atoms with Crippen LogP contribution in [0.15, 0.2) is 54.9 Å². The second kappa shape index (κ2) is 5.33. The highest BCUT2D eigenvalue weighted by Gasteiger charge is 2.02. The van der Waals surface area contributed by atoms with Crippen LogP contribution in [-0.4, -0.2) is 4.98 Å². The Kier molecular flexibility index (Phi) is 3.38. The molecule has 0 spiro atoms. The fraction of sp³-hybridized carbons (Fsp3) is 0.167. The van der Waals surface area contributed by atoms with Crippen LogP contribution < -0.4 is 5.32 Å². The molecule has 0 unspecified atom stereocenters. The van der Waals surface area contributed by atoms with Gasteiger partial charge in [0.05, 0.1) is 0 Å². The van der Waals surface area contributed by atoms with Gasteiger partial charge in [-0.15, -0.1) is 0 Å². The Balaban J connectivity index is 1.87. The van der Waals surface area contributed by atoms with Crippen molar-refractivity contribution in [3.8, 4) is 0 Å². The number of rotatable bonds is 3. The lowest BCUT2D eigenvalue weighted by Gasteiger charge is -2.12. The lowest BCUT2D eigenvalue weighted by Crippen LogP contribution is -2.02. The zero-order valence-electron chi connectivity index (χ0n) is 11.9. The second-order valence-electron chi connectivity index (χ2n) is 5.19. The van der Waals surface area contributed by atoms with E-state index in [1.807, 2.05) is 12.4 Å². The van der Waals surface area contributed by atoms with Crippen molar-refractivity contribution in [2.45, 2.75) is 20.4 Å². The molecule has 3 aromatic rings. The minimum absolute atomic E-state index is 0.841. The van der Waals surface area contributed by atoms with E-state index in [2.05, 4.69) is 66.6 Å². The lowest BCUT2D eigenvalue weighted by atomic mass is 10.1. The molecule has 0 radical (unpaired) electrons. The maximum Gasteiger partial charge on any atom is 0.0423 e. The molecule has 2 heteroatoms. The summed E-state index contributed by atoms with van der Waals surface area (Å²) in [4.78, 5) is 4.17. The van der Waals surface area contributed by atoms with E-state index in [-0.39, 0.29) is 0 Å². The van der Waals surface area contributed by atoms with Crippen molar-refractivity contribution in [3.63, 3.8) is 0 Å². The van der Waals surface area contributed by atoms with Gasteiger partial charge >= 0.3 is 0 Å². The largest absolute Gasteiger partial charge is 0.380 e. The van der Waals surface area contributed by atoms with Gasteiger partial charge in [-0.2, -0.15) is 0 Å². The van der Waals surface area contributed by atoms with E-state index in [1.54, 1.807) is 0 Å². The van der Waals surface area contributed by atoms with Crippen LogP contribution in [0, 0.1) is 13.8 Å². The van der Waals surface area contributed by atoms with Crippen LogP contribution in [0.5, 0.6) is 0 Å². The summed E-state index contributed by atoms with van der Waals surface area (Å²) in [6.07, 6.45) is 3.74. The van der Waals surface area contributed by atoms with Gasteiger partial charge in [-0.25, -0.2) is 0 Å². The van der Waals surface area contributed by atoms with E-state index >= 15 is 0 Å². The summed E-state index contributed by atoms with van der Waals surface area (Å²) in [6, 6.07) is 14.9. The van der Waals surface area contributed by atoms with Gasteiger partial charge in [0.15, 0.2) is 0 Å². The molecular weight excluding hydrogens is 244 g/mol. The third-order valence-corrected chi connectivity index (χ3v) is 3.65. The fourth-order valence-corrected chi connectivity index (χ4v) is 2.51. The maximum atomic E-state index is 4.17. The molecule has 100 valence electrons. The number of aryl methyl sites for hydroxylation is 2. The van der Waals surface area contributed by atoms with Gasteiger partial charge < -0.3 is 5.32 Å². The third-order valence-electron chi connectivity index (χ3n) is 3.65. The highest BCUT2D eigenvalue weighted by Crippen LogP contribution is 2.23. The van der Waals surface area contributed by atoms with Gasteiger partial charge in [0.2, 0.25) is 0 Å². The zero-order valence-corrected chi connectivity index (χ0v) is 11.9. The molecule has 0 bridgehead atoms. The Bertz CT molecular complexity index is 742. The van der Waals surface area contributed by atoms with E-state index in [1.165, 1.54) is 22.1 Å². The van der Waals surface area contributed by atoms with E-state index in [0.717, 1.165) is 17.6 Å². The molecule has 2 nitrogen and oxygen atoms in total. The molecule has 0 aliphatic rings. The first kappa shape index (κ1) is 12.7. The molecule has 1 aromatic heterocycles. The van der Waals surface area contributed by atoms with Crippen LogP contribution in [0.2, 0.25) is 0 Å². The molecule has 1 N–H and O–H groups in total. The molecule has 0 amide bonds. The summed E-state index contributed by atoms with van der Waals surface area (Å²) in [6.45, 7) is 5.13. The first-order valence-corrected chi connectivity index (χ1v) is 6.87. The first-order chi connectivity index (χ1) is 9.74. The topological polar surface area (TPSA) is 24.9 Å². The van der Waals surface area contributed by atoms with E-state index in [0.29, 0.717) is 0 Å². The van der Waals surface area contributed by atoms with Crippen LogP contribution in [0.3, 0.4) is 0 Å². The van der Waals surface area contributed by atoms with Crippen molar-refractivity contribution in [3.05, 3.63) is 71.5 Å². The zero-order chi connectivity index (χ0) is 13.9. The van der Waals surface area contributed by atoms with Crippen LogP contribution >= 0.6 is 0 Å². The van der Waals surface area contributed by atoms with Crippen molar-refractivity contribution in [2.75, 3.05) is 5.32 Å². The molecule has 20 heavy (non-hydrogen) atoms. The Morgan fingerprint density at radius 1 is 1.05 bits per heavy atom. The quantitative estimate of drug-likeness (QED) is 0.753. The van der Waals surface area contributed by atoms with Crippen molar-refractivity contribution in [2.24, 2.45) is 0 Å². The molecule has 2 aromatic carbocycles. The predicted molar refractivity (Wildman–Crippen MR) is 85.0 cm³/mol. The van der Waals surface area contributed by atoms with Gasteiger partial charge in [0.25, 0.3) is 0 Å². The van der Waals surface area contributed by atoms with Crippen LogP contribution in [-0.2, 0) is 6.54 Å². The van der Waals surface area contributed by atoms with Gasteiger partial charge in [0.1, 0.15) is 0 Å². The number of hydrogen-bond acceptors (Lipinski definition) is 2. The SMILES string of the molecule is Cc1ccc(CNc2cccc3cnccc23)c(C)c1. The van der Waals surface area contributed by atoms with Crippen molar-refractivity contribution < 1.29 is 0 Å². The van der Waals surface area contributed by atoms with Gasteiger partial charge in [-0.1, -0.05) is 35.9 Å². The van der Waals surface area contributed by atoms with Crippen LogP contribution in [0.4, 0.5) is 5.69 Å². The molecule has 0 aliphatic heterocycles. The lowest BCUT2D eigenvalue weighted by molar-refractivity contribution is 1.12. The number of nitrogens with zero attached hydrogens (tertiary/aromatic N) is 1. The Morgan fingerprint density at radius 2 is 1.95 bits per heavy atom. The molecule has 0 saturated carbocycles. The average molecular weight is 262 g/mol. The number of benzene rings is 2. The van der Waals surface area contributed by atoms with Crippen LogP contribution in [0.25, 0.3) is 10.8 Å². The minimum atomic E-state index is 0.841. The van der Waals surface area contributed by atoms with E-state index in [9.17, 15) is 0 Å². The van der Waals surface area contributed by atoms with Gasteiger partial charge in [-0.3, -0.25) is 4.98 Å². The Labute approximate surface area is 119 Å². The number of anilines is 1. The van der Waals surface area contributed by atoms with Crippen molar-refractivity contribution >= 4 is 16.5 Å². The second-order valence-corrected chi connectivity index (χ2v) is 5.19. The Hall–Kier alpha value is -2.35. The normalized spacial score (nSPS) is 10.7. The van der Waals surface area contributed by atoms with Crippen molar-refractivity contribution in [1.82, 2.24) is 4.98 Å². The summed E-state index contributed by atoms with van der Waals surface area (Å²) >= 11 is 0. The molecular formula is C18H18N2. The Morgan fingerprint density at radius 3 is 2.80 bits per heavy atom. The van der Waals surface area contributed by atoms with Crippen molar-refractivity contribution in [1.29, 1.82) is 0 Å². The predicted octanol–water partition coefficient (Wildman–Crippen LogP) is 4.46. The monoisotopic (exact) mass is 262 g/mol. The van der Waals surface area contributed by atoms with Crippen LogP contribution in [0.1, 0.15) is 16.7 Å². The summed E-state index contributed by atoms with van der Waals surface area (Å²) < 4.78 is 0. The summed E-state index contributed by atoms with van der Waals surface area (Å²) in [5.41, 5.74) is 5.13. The third kappa shape index (κ3) is 2.50. The average Bonchev–Trinajstić information content (AvgIpc) is 2.46. The molecule has 1 heterocycles. The summed E-state index contributed by atoms with van der Waals surface area (Å²) in [5.74, 6) is 0. The van der Waals surface area contributed by atoms with E-state index < -0.39 is 0 Å². The van der Waals surface area contributed by atoms with E-state index in [4.69, 9.17) is 0 Å².